The lowest BCUT2D eigenvalue weighted by Gasteiger charge is -2.31. The molecule has 18 heavy (non-hydrogen) atoms. The molecule has 0 aliphatic heterocycles. The predicted molar refractivity (Wildman–Crippen MR) is 69.4 cm³/mol. The Labute approximate surface area is 109 Å². The fraction of sp³-hybridized carbons (Fsp3) is 0.846. The maximum Gasteiger partial charge on any atom is 0.317 e. The second-order valence-corrected chi connectivity index (χ2v) is 5.58. The summed E-state index contributed by atoms with van der Waals surface area (Å²) in [5.74, 6) is -0.143. The van der Waals surface area contributed by atoms with Crippen LogP contribution in [0, 0.1) is 11.8 Å². The molecule has 5 heteroatoms. The van der Waals surface area contributed by atoms with E-state index >= 15 is 0 Å². The van der Waals surface area contributed by atoms with E-state index in [2.05, 4.69) is 5.32 Å². The highest BCUT2D eigenvalue weighted by Crippen LogP contribution is 2.26. The number of nitrogens with one attached hydrogen (secondary N) is 1. The van der Waals surface area contributed by atoms with Gasteiger partial charge >= 0.3 is 12.0 Å². The standard InChI is InChI=1S/C13H24N2O3/c1-9(2)11(7-12(16)17)14-13(18)15(3)8-10-5-4-6-10/h9-11H,4-8H2,1-3H3,(H,14,18)(H,16,17). The van der Waals surface area contributed by atoms with Gasteiger partial charge in [-0.05, 0) is 24.7 Å². The van der Waals surface area contributed by atoms with Crippen LogP contribution in [0.2, 0.25) is 0 Å². The highest BCUT2D eigenvalue weighted by Gasteiger charge is 2.24. The van der Waals surface area contributed by atoms with E-state index in [0.717, 1.165) is 6.54 Å². The molecule has 0 heterocycles. The largest absolute Gasteiger partial charge is 0.481 e. The SMILES string of the molecule is CC(C)C(CC(=O)O)NC(=O)N(C)CC1CCC1. The van der Waals surface area contributed by atoms with Crippen LogP contribution in [0.25, 0.3) is 0 Å². The Morgan fingerprint density at radius 2 is 2.00 bits per heavy atom. The van der Waals surface area contributed by atoms with Gasteiger partial charge in [0, 0.05) is 19.6 Å². The van der Waals surface area contributed by atoms with Gasteiger partial charge in [0.25, 0.3) is 0 Å². The van der Waals surface area contributed by atoms with Crippen LogP contribution in [-0.4, -0.2) is 41.6 Å². The Morgan fingerprint density at radius 1 is 1.39 bits per heavy atom. The van der Waals surface area contributed by atoms with Gasteiger partial charge in [-0.25, -0.2) is 4.79 Å². The Balaban J connectivity index is 2.40. The smallest absolute Gasteiger partial charge is 0.317 e. The molecule has 1 fully saturated rings. The Bertz CT molecular complexity index is 301. The van der Waals surface area contributed by atoms with Crippen LogP contribution in [0.1, 0.15) is 39.5 Å². The van der Waals surface area contributed by atoms with Crippen LogP contribution in [0.5, 0.6) is 0 Å². The summed E-state index contributed by atoms with van der Waals surface area (Å²) in [6, 6.07) is -0.472. The third-order valence-corrected chi connectivity index (χ3v) is 3.61. The first-order valence-corrected chi connectivity index (χ1v) is 6.63. The van der Waals surface area contributed by atoms with Crippen LogP contribution < -0.4 is 5.32 Å². The quantitative estimate of drug-likeness (QED) is 0.763. The zero-order valence-electron chi connectivity index (χ0n) is 11.5. The van der Waals surface area contributed by atoms with Gasteiger partial charge in [0.15, 0.2) is 0 Å². The van der Waals surface area contributed by atoms with E-state index in [1.165, 1.54) is 19.3 Å². The van der Waals surface area contributed by atoms with E-state index in [9.17, 15) is 9.59 Å². The van der Waals surface area contributed by atoms with Gasteiger partial charge in [-0.2, -0.15) is 0 Å². The highest BCUT2D eigenvalue weighted by molar-refractivity contribution is 5.75. The van der Waals surface area contributed by atoms with Crippen LogP contribution in [0.15, 0.2) is 0 Å². The average Bonchev–Trinajstić information content (AvgIpc) is 2.21. The normalized spacial score (nSPS) is 17.1. The first-order chi connectivity index (χ1) is 8.40. The molecule has 1 aliphatic carbocycles. The topological polar surface area (TPSA) is 69.6 Å². The number of urea groups is 1. The molecule has 104 valence electrons. The average molecular weight is 256 g/mol. The number of carbonyl (C=O) groups excluding carboxylic acids is 1. The van der Waals surface area contributed by atoms with Crippen molar-refractivity contribution in [2.75, 3.05) is 13.6 Å². The molecule has 1 atom stereocenters. The van der Waals surface area contributed by atoms with Crippen LogP contribution in [0.3, 0.4) is 0 Å². The van der Waals surface area contributed by atoms with Gasteiger partial charge < -0.3 is 15.3 Å². The molecular weight excluding hydrogens is 232 g/mol. The second-order valence-electron chi connectivity index (χ2n) is 5.58. The van der Waals surface area contributed by atoms with E-state index in [1.807, 2.05) is 13.8 Å². The zero-order valence-corrected chi connectivity index (χ0v) is 11.5. The molecule has 0 aromatic heterocycles. The zero-order chi connectivity index (χ0) is 13.7. The number of carbonyl (C=O) groups is 2. The van der Waals surface area contributed by atoms with Gasteiger partial charge in [-0.1, -0.05) is 20.3 Å². The summed E-state index contributed by atoms with van der Waals surface area (Å²) in [5, 5.41) is 11.6. The van der Waals surface area contributed by atoms with Crippen molar-refractivity contribution in [2.24, 2.45) is 11.8 Å². The lowest BCUT2D eigenvalue weighted by Crippen LogP contribution is -2.47. The fourth-order valence-corrected chi connectivity index (χ4v) is 2.06. The maximum absolute atomic E-state index is 11.9. The maximum atomic E-state index is 11.9. The number of carboxylic acid groups (broad SMARTS) is 1. The van der Waals surface area contributed by atoms with E-state index in [0.29, 0.717) is 5.92 Å². The summed E-state index contributed by atoms with van der Waals surface area (Å²) in [4.78, 5) is 24.3. The third-order valence-electron chi connectivity index (χ3n) is 3.61. The molecule has 1 aliphatic rings. The molecule has 0 bridgehead atoms. The molecule has 2 N–H and O–H groups in total. The molecule has 1 saturated carbocycles. The number of hydrogen-bond donors (Lipinski definition) is 2. The highest BCUT2D eigenvalue weighted by atomic mass is 16.4. The summed E-state index contributed by atoms with van der Waals surface area (Å²) in [6.07, 6.45) is 3.62. The molecule has 5 nitrogen and oxygen atoms in total. The number of nitrogens with zero attached hydrogens (tertiary/aromatic N) is 1. The molecule has 0 radical (unpaired) electrons. The van der Waals surface area contributed by atoms with Crippen molar-refractivity contribution in [1.29, 1.82) is 0 Å². The lowest BCUT2D eigenvalue weighted by molar-refractivity contribution is -0.137. The lowest BCUT2D eigenvalue weighted by atomic mass is 9.85. The van der Waals surface area contributed by atoms with Crippen molar-refractivity contribution in [2.45, 2.75) is 45.6 Å². The molecule has 1 rings (SSSR count). The summed E-state index contributed by atoms with van der Waals surface area (Å²) in [7, 11) is 1.77. The van der Waals surface area contributed by atoms with Crippen LogP contribution in [0.4, 0.5) is 4.79 Å². The molecule has 0 aromatic carbocycles. The summed E-state index contributed by atoms with van der Waals surface area (Å²) < 4.78 is 0. The first kappa shape index (κ1) is 14.8. The molecular formula is C13H24N2O3. The van der Waals surface area contributed by atoms with Crippen molar-refractivity contribution in [3.8, 4) is 0 Å². The third kappa shape index (κ3) is 4.55. The van der Waals surface area contributed by atoms with E-state index in [1.54, 1.807) is 11.9 Å². The van der Waals surface area contributed by atoms with Gasteiger partial charge in [0.05, 0.1) is 6.42 Å². The minimum atomic E-state index is -0.879. The van der Waals surface area contributed by atoms with Crippen molar-refractivity contribution >= 4 is 12.0 Å². The van der Waals surface area contributed by atoms with Crippen molar-refractivity contribution < 1.29 is 14.7 Å². The first-order valence-electron chi connectivity index (χ1n) is 6.63. The minimum Gasteiger partial charge on any atom is -0.481 e. The van der Waals surface area contributed by atoms with Crippen LogP contribution in [-0.2, 0) is 4.79 Å². The summed E-state index contributed by atoms with van der Waals surface area (Å²) >= 11 is 0. The fourth-order valence-electron chi connectivity index (χ4n) is 2.06. The predicted octanol–water partition coefficient (Wildman–Crippen LogP) is 1.93. The molecule has 0 aromatic rings. The van der Waals surface area contributed by atoms with E-state index in [-0.39, 0.29) is 24.4 Å². The molecule has 2 amide bonds. The number of carboxylic acids is 1. The Morgan fingerprint density at radius 3 is 2.39 bits per heavy atom. The van der Waals surface area contributed by atoms with Gasteiger partial charge in [0.1, 0.15) is 0 Å². The van der Waals surface area contributed by atoms with E-state index < -0.39 is 5.97 Å². The summed E-state index contributed by atoms with van der Waals surface area (Å²) in [5.41, 5.74) is 0. The van der Waals surface area contributed by atoms with Crippen LogP contribution >= 0.6 is 0 Å². The molecule has 1 unspecified atom stereocenters. The second kappa shape index (κ2) is 6.61. The number of amides is 2. The van der Waals surface area contributed by atoms with Crippen molar-refractivity contribution in [3.63, 3.8) is 0 Å². The number of rotatable bonds is 6. The summed E-state index contributed by atoms with van der Waals surface area (Å²) in [6.45, 7) is 4.60. The van der Waals surface area contributed by atoms with Gasteiger partial charge in [0.2, 0.25) is 0 Å². The van der Waals surface area contributed by atoms with Crippen molar-refractivity contribution in [3.05, 3.63) is 0 Å². The van der Waals surface area contributed by atoms with Crippen molar-refractivity contribution in [1.82, 2.24) is 10.2 Å². The Hall–Kier alpha value is -1.26. The van der Waals surface area contributed by atoms with Gasteiger partial charge in [-0.15, -0.1) is 0 Å². The number of hydrogen-bond acceptors (Lipinski definition) is 2. The van der Waals surface area contributed by atoms with Gasteiger partial charge in [-0.3, -0.25) is 4.79 Å². The number of aliphatic carboxylic acids is 1. The monoisotopic (exact) mass is 256 g/mol. The van der Waals surface area contributed by atoms with E-state index in [4.69, 9.17) is 5.11 Å². The minimum absolute atomic E-state index is 0.0271. The molecule has 0 spiro atoms. The molecule has 0 saturated heterocycles. The Kier molecular flexibility index (Phi) is 5.44.